The summed E-state index contributed by atoms with van der Waals surface area (Å²) in [6, 6.07) is 3.14. The van der Waals surface area contributed by atoms with Gasteiger partial charge in [0.25, 0.3) is 0 Å². The quantitative estimate of drug-likeness (QED) is 0.540. The molecule has 0 aromatic carbocycles. The highest BCUT2D eigenvalue weighted by molar-refractivity contribution is 6.35. The highest BCUT2D eigenvalue weighted by Crippen LogP contribution is 2.12. The van der Waals surface area contributed by atoms with Crippen LogP contribution >= 0.6 is 0 Å². The molecule has 11 heavy (non-hydrogen) atoms. The van der Waals surface area contributed by atoms with Crippen molar-refractivity contribution in [3.8, 4) is 0 Å². The fraction of sp³-hybridized carbons (Fsp3) is 1.00. The van der Waals surface area contributed by atoms with E-state index in [0.717, 1.165) is 11.8 Å². The zero-order valence-corrected chi connectivity index (χ0v) is 10.1. The molecule has 0 aliphatic carbocycles. The Morgan fingerprint density at radius 2 is 1.27 bits per heavy atom. The summed E-state index contributed by atoms with van der Waals surface area (Å²) in [4.78, 5) is 0. The van der Waals surface area contributed by atoms with E-state index in [4.69, 9.17) is 0 Å². The van der Waals surface area contributed by atoms with Crippen molar-refractivity contribution in [2.75, 3.05) is 0 Å². The van der Waals surface area contributed by atoms with E-state index < -0.39 is 0 Å². The molecule has 68 valence electrons. The average molecular weight is 172 g/mol. The van der Waals surface area contributed by atoms with Gasteiger partial charge >= 0.3 is 0 Å². The van der Waals surface area contributed by atoms with E-state index in [2.05, 4.69) is 27.7 Å². The van der Waals surface area contributed by atoms with E-state index in [1.165, 1.54) is 12.8 Å². The van der Waals surface area contributed by atoms with Gasteiger partial charge in [0.05, 0.1) is 0 Å². The van der Waals surface area contributed by atoms with Crippen molar-refractivity contribution in [2.24, 2.45) is 11.8 Å². The molecule has 0 saturated heterocycles. The monoisotopic (exact) mass is 172 g/mol. The van der Waals surface area contributed by atoms with Crippen LogP contribution in [0.15, 0.2) is 0 Å². The summed E-state index contributed by atoms with van der Waals surface area (Å²) in [7, 11) is 0.294. The maximum Gasteiger partial charge on any atom is 0.0203 e. The van der Waals surface area contributed by atoms with Crippen LogP contribution in [0.4, 0.5) is 0 Å². The molecule has 0 fully saturated rings. The van der Waals surface area contributed by atoms with Gasteiger partial charge in [-0.1, -0.05) is 52.6 Å². The van der Waals surface area contributed by atoms with E-state index in [1.54, 1.807) is 12.1 Å². The molecule has 0 rings (SSSR count). The van der Waals surface area contributed by atoms with Gasteiger partial charge < -0.3 is 0 Å². The van der Waals surface area contributed by atoms with Gasteiger partial charge in [-0.3, -0.25) is 0 Å². The largest absolute Gasteiger partial charge is 0.0651 e. The minimum atomic E-state index is 0.294. The van der Waals surface area contributed by atoms with Gasteiger partial charge in [0, 0.05) is 9.52 Å². The van der Waals surface area contributed by atoms with Crippen molar-refractivity contribution in [3.05, 3.63) is 0 Å². The van der Waals surface area contributed by atoms with Crippen LogP contribution in [0.25, 0.3) is 0 Å². The molecule has 2 unspecified atom stereocenters. The summed E-state index contributed by atoms with van der Waals surface area (Å²) < 4.78 is 0. The molecule has 0 aliphatic heterocycles. The minimum absolute atomic E-state index is 0.294. The summed E-state index contributed by atoms with van der Waals surface area (Å²) in [5, 5.41) is 0. The summed E-state index contributed by atoms with van der Waals surface area (Å²) in [6.07, 6.45) is 2.76. The maximum absolute atomic E-state index is 2.39. The molecular formula is C10H24Si. The molecule has 0 aromatic heterocycles. The lowest BCUT2D eigenvalue weighted by molar-refractivity contribution is 0.599. The zero-order chi connectivity index (χ0) is 8.69. The van der Waals surface area contributed by atoms with E-state index in [9.17, 15) is 0 Å². The first kappa shape index (κ1) is 11.2. The lowest BCUT2D eigenvalue weighted by Crippen LogP contribution is -2.02. The van der Waals surface area contributed by atoms with Crippen LogP contribution < -0.4 is 0 Å². The van der Waals surface area contributed by atoms with Crippen molar-refractivity contribution in [1.82, 2.24) is 0 Å². The fourth-order valence-corrected chi connectivity index (χ4v) is 3.67. The normalized spacial score (nSPS) is 17.5. The van der Waals surface area contributed by atoms with Crippen LogP contribution in [0.2, 0.25) is 12.1 Å². The second-order valence-corrected chi connectivity index (χ2v) is 5.82. The smallest absolute Gasteiger partial charge is 0.0203 e. The average Bonchev–Trinajstić information content (AvgIpc) is 2.04. The molecule has 0 nitrogen and oxygen atoms in total. The van der Waals surface area contributed by atoms with Crippen molar-refractivity contribution in [1.29, 1.82) is 0 Å². The lowest BCUT2D eigenvalue weighted by Gasteiger charge is -2.10. The second-order valence-electron chi connectivity index (χ2n) is 3.96. The van der Waals surface area contributed by atoms with Crippen molar-refractivity contribution in [3.63, 3.8) is 0 Å². The molecule has 0 N–H and O–H groups in total. The molecule has 0 saturated carbocycles. The van der Waals surface area contributed by atoms with E-state index in [1.807, 2.05) is 0 Å². The van der Waals surface area contributed by atoms with Crippen LogP contribution in [0.3, 0.4) is 0 Å². The van der Waals surface area contributed by atoms with Gasteiger partial charge in [-0.2, -0.15) is 0 Å². The van der Waals surface area contributed by atoms with Crippen LogP contribution in [0.5, 0.6) is 0 Å². The minimum Gasteiger partial charge on any atom is -0.0651 e. The summed E-state index contributed by atoms with van der Waals surface area (Å²) in [6.45, 7) is 9.40. The van der Waals surface area contributed by atoms with Crippen molar-refractivity contribution < 1.29 is 0 Å². The standard InChI is InChI=1S/C10H24Si/c1-5-9(3)7-11-8-10(4)6-2/h9-10H,5-8,11H2,1-4H3. The summed E-state index contributed by atoms with van der Waals surface area (Å²) in [5.74, 6) is 2.01. The third-order valence-electron chi connectivity index (χ3n) is 2.79. The van der Waals surface area contributed by atoms with Gasteiger partial charge in [-0.25, -0.2) is 0 Å². The highest BCUT2D eigenvalue weighted by Gasteiger charge is 2.02. The number of hydrogen-bond acceptors (Lipinski definition) is 0. The third-order valence-corrected chi connectivity index (χ3v) is 5.58. The molecule has 0 bridgehead atoms. The van der Waals surface area contributed by atoms with Crippen LogP contribution in [-0.4, -0.2) is 9.52 Å². The Labute approximate surface area is 74.6 Å². The Bertz CT molecular complexity index is 70.9. The number of rotatable bonds is 6. The van der Waals surface area contributed by atoms with Gasteiger partial charge in [0.2, 0.25) is 0 Å². The predicted octanol–water partition coefficient (Wildman–Crippen LogP) is 3.08. The molecule has 0 spiro atoms. The molecule has 0 aliphatic rings. The summed E-state index contributed by atoms with van der Waals surface area (Å²) >= 11 is 0. The maximum atomic E-state index is 2.39. The van der Waals surface area contributed by atoms with Crippen molar-refractivity contribution >= 4 is 9.52 Å². The zero-order valence-electron chi connectivity index (χ0n) is 8.69. The van der Waals surface area contributed by atoms with Crippen LogP contribution in [-0.2, 0) is 0 Å². The first-order valence-electron chi connectivity index (χ1n) is 5.20. The molecule has 0 radical (unpaired) electrons. The SMILES string of the molecule is CCC(C)C[SiH2]CC(C)CC. The molecule has 0 amide bonds. The third kappa shape index (κ3) is 6.61. The predicted molar refractivity (Wildman–Crippen MR) is 57.1 cm³/mol. The Balaban J connectivity index is 3.13. The Hall–Kier alpha value is 0.217. The molecule has 0 aromatic rings. The topological polar surface area (TPSA) is 0 Å². The number of hydrogen-bond donors (Lipinski definition) is 0. The van der Waals surface area contributed by atoms with Crippen LogP contribution in [0, 0.1) is 11.8 Å². The highest BCUT2D eigenvalue weighted by atomic mass is 28.2. The Kier molecular flexibility index (Phi) is 7.03. The second kappa shape index (κ2) is 6.90. The van der Waals surface area contributed by atoms with E-state index in [-0.39, 0.29) is 0 Å². The first-order valence-corrected chi connectivity index (χ1v) is 7.20. The van der Waals surface area contributed by atoms with Crippen molar-refractivity contribution in [2.45, 2.75) is 52.6 Å². The molecule has 2 atom stereocenters. The lowest BCUT2D eigenvalue weighted by atomic mass is 10.1. The van der Waals surface area contributed by atoms with E-state index >= 15 is 0 Å². The first-order chi connectivity index (χ1) is 5.20. The summed E-state index contributed by atoms with van der Waals surface area (Å²) in [5.41, 5.74) is 0. The van der Waals surface area contributed by atoms with Gasteiger partial charge in [-0.05, 0) is 11.8 Å². The van der Waals surface area contributed by atoms with Gasteiger partial charge in [0.1, 0.15) is 0 Å². The fourth-order valence-electron chi connectivity index (χ4n) is 1.22. The Morgan fingerprint density at radius 1 is 0.909 bits per heavy atom. The molecule has 1 heteroatoms. The molecule has 0 heterocycles. The van der Waals surface area contributed by atoms with Gasteiger partial charge in [-0.15, -0.1) is 0 Å². The van der Waals surface area contributed by atoms with E-state index in [0.29, 0.717) is 9.52 Å². The molecular weight excluding hydrogens is 148 g/mol. The Morgan fingerprint density at radius 3 is 1.55 bits per heavy atom. The van der Waals surface area contributed by atoms with Gasteiger partial charge in [0.15, 0.2) is 0 Å². The van der Waals surface area contributed by atoms with Crippen LogP contribution in [0.1, 0.15) is 40.5 Å².